The first-order chi connectivity index (χ1) is 13.6. The van der Waals surface area contributed by atoms with Crippen molar-refractivity contribution in [1.82, 2.24) is 0 Å². The van der Waals surface area contributed by atoms with Crippen molar-refractivity contribution in [3.05, 3.63) is 0 Å². The maximum Gasteiger partial charge on any atom is 0.305 e. The molecule has 0 heterocycles. The molecule has 0 saturated heterocycles. The van der Waals surface area contributed by atoms with Crippen molar-refractivity contribution in [2.75, 3.05) is 0 Å². The number of hydrogen-bond acceptors (Lipinski definition) is 7. The van der Waals surface area contributed by atoms with Gasteiger partial charge in [-0.05, 0) is 41.5 Å². The Hall–Kier alpha value is -2.16. The van der Waals surface area contributed by atoms with Gasteiger partial charge in [-0.15, -0.1) is 0 Å². The van der Waals surface area contributed by atoms with Crippen molar-refractivity contribution in [2.24, 2.45) is 0 Å². The zero-order valence-electron chi connectivity index (χ0n) is 20.4. The maximum absolute atomic E-state index is 10.4. The third kappa shape index (κ3) is 97.0. The molecule has 0 aliphatic carbocycles. The van der Waals surface area contributed by atoms with Gasteiger partial charge in [0, 0.05) is 31.8 Å². The molecule has 31 heavy (non-hydrogen) atoms. The summed E-state index contributed by atoms with van der Waals surface area (Å²) in [5, 5.41) is 23.5. The minimum Gasteiger partial charge on any atom is -0.481 e. The SMILES string of the molecule is C.CC(C)O.CCC(=O)O.CCC(=O)O.CCC(=O)OC(C)C.CCC(=O)OC(C)C. The molecule has 0 spiro atoms. The second-order valence-corrected chi connectivity index (χ2v) is 6.37. The molecule has 0 aliphatic heterocycles. The van der Waals surface area contributed by atoms with Crippen LogP contribution in [0.4, 0.5) is 0 Å². The molecule has 0 atom stereocenters. The summed E-state index contributed by atoms with van der Waals surface area (Å²) in [6.45, 7) is 17.6. The van der Waals surface area contributed by atoms with E-state index in [-0.39, 0.29) is 50.5 Å². The van der Waals surface area contributed by atoms with Gasteiger partial charge in [0.1, 0.15) is 0 Å². The van der Waals surface area contributed by atoms with Gasteiger partial charge >= 0.3 is 23.9 Å². The summed E-state index contributed by atoms with van der Waals surface area (Å²) in [5.74, 6) is -1.74. The second-order valence-electron chi connectivity index (χ2n) is 6.37. The standard InChI is InChI=1S/2C6H12O2.2C3H6O2.C3H8O.CH4/c2*1-4-6(7)8-5(2)3;2*1-2-3(4)5;1-3(2)4;/h2*5H,4H2,1-3H3;2*2H2,1H3,(H,4,5);3-4H,1-2H3;1H4. The number of ether oxygens (including phenoxy) is 2. The Bertz CT molecular complexity index is 378. The van der Waals surface area contributed by atoms with E-state index >= 15 is 0 Å². The first-order valence-electron chi connectivity index (χ1n) is 10.1. The van der Waals surface area contributed by atoms with E-state index in [2.05, 4.69) is 0 Å². The minimum absolute atomic E-state index is 0. The third-order valence-corrected chi connectivity index (χ3v) is 1.92. The first kappa shape index (κ1) is 42.8. The van der Waals surface area contributed by atoms with Crippen molar-refractivity contribution in [2.45, 2.75) is 121 Å². The van der Waals surface area contributed by atoms with E-state index in [0.29, 0.717) is 12.8 Å². The maximum atomic E-state index is 10.4. The molecule has 0 bridgehead atoms. The van der Waals surface area contributed by atoms with Crippen molar-refractivity contribution in [3.8, 4) is 0 Å². The molecule has 0 amide bonds. The van der Waals surface area contributed by atoms with Gasteiger partial charge in [-0.2, -0.15) is 0 Å². The van der Waals surface area contributed by atoms with Crippen LogP contribution in [-0.2, 0) is 28.7 Å². The van der Waals surface area contributed by atoms with E-state index in [4.69, 9.17) is 24.8 Å². The lowest BCUT2D eigenvalue weighted by Crippen LogP contribution is -2.09. The van der Waals surface area contributed by atoms with Crippen LogP contribution < -0.4 is 0 Å². The summed E-state index contributed by atoms with van der Waals surface area (Å²) >= 11 is 0. The van der Waals surface area contributed by atoms with Gasteiger partial charge in [-0.25, -0.2) is 0 Å². The van der Waals surface area contributed by atoms with Crippen LogP contribution in [0.1, 0.15) is 102 Å². The van der Waals surface area contributed by atoms with Gasteiger partial charge in [-0.3, -0.25) is 19.2 Å². The molecule has 3 N–H and O–H groups in total. The number of hydrogen-bond donors (Lipinski definition) is 3. The topological polar surface area (TPSA) is 147 Å². The first-order valence-corrected chi connectivity index (χ1v) is 10.1. The number of aliphatic hydroxyl groups excluding tert-OH is 1. The molecule has 0 saturated carbocycles. The van der Waals surface area contributed by atoms with E-state index in [1.54, 1.807) is 41.5 Å². The van der Waals surface area contributed by atoms with Crippen LogP contribution in [0.15, 0.2) is 0 Å². The second kappa shape index (κ2) is 32.5. The number of aliphatic hydroxyl groups is 1. The zero-order valence-corrected chi connectivity index (χ0v) is 20.4. The monoisotopic (exact) mass is 456 g/mol. The van der Waals surface area contributed by atoms with Gasteiger partial charge in [0.2, 0.25) is 0 Å². The smallest absolute Gasteiger partial charge is 0.305 e. The molecule has 9 nitrogen and oxygen atoms in total. The number of carboxylic acid groups (broad SMARTS) is 2. The third-order valence-electron chi connectivity index (χ3n) is 1.92. The van der Waals surface area contributed by atoms with E-state index in [9.17, 15) is 19.2 Å². The van der Waals surface area contributed by atoms with Gasteiger partial charge < -0.3 is 24.8 Å². The Kier molecular flexibility index (Phi) is 44.9. The summed E-state index contributed by atoms with van der Waals surface area (Å²) in [6, 6.07) is 0. The fraction of sp³-hybridized carbons (Fsp3) is 0.818. The zero-order chi connectivity index (χ0) is 25.3. The van der Waals surface area contributed by atoms with Crippen molar-refractivity contribution >= 4 is 23.9 Å². The molecule has 0 aromatic heterocycles. The fourth-order valence-corrected chi connectivity index (χ4v) is 0.692. The summed E-state index contributed by atoms with van der Waals surface area (Å²) in [6.07, 6.45) is 1.28. The number of rotatable bonds is 6. The Morgan fingerprint density at radius 3 is 0.806 bits per heavy atom. The molecular formula is C22H48O9. The largest absolute Gasteiger partial charge is 0.481 e. The number of aliphatic carboxylic acids is 2. The van der Waals surface area contributed by atoms with Crippen LogP contribution in [0.25, 0.3) is 0 Å². The normalized spacial score (nSPS) is 8.45. The Labute approximate surface area is 189 Å². The van der Waals surface area contributed by atoms with Gasteiger partial charge in [0.05, 0.1) is 12.2 Å². The molecule has 190 valence electrons. The quantitative estimate of drug-likeness (QED) is 0.484. The van der Waals surface area contributed by atoms with Crippen LogP contribution in [0.3, 0.4) is 0 Å². The van der Waals surface area contributed by atoms with Gasteiger partial charge in [0.25, 0.3) is 0 Å². The van der Waals surface area contributed by atoms with Crippen molar-refractivity contribution < 1.29 is 44.0 Å². The minimum atomic E-state index is -0.745. The highest BCUT2D eigenvalue weighted by Gasteiger charge is 1.99. The number of carbonyl (C=O) groups excluding carboxylic acids is 2. The van der Waals surface area contributed by atoms with Crippen LogP contribution in [0, 0.1) is 0 Å². The van der Waals surface area contributed by atoms with Crippen molar-refractivity contribution in [3.63, 3.8) is 0 Å². The molecular weight excluding hydrogens is 408 g/mol. The molecule has 0 unspecified atom stereocenters. The number of esters is 2. The highest BCUT2D eigenvalue weighted by atomic mass is 16.5. The van der Waals surface area contributed by atoms with E-state index in [1.807, 2.05) is 27.7 Å². The van der Waals surface area contributed by atoms with E-state index in [1.165, 1.54) is 0 Å². The number of carboxylic acids is 2. The summed E-state index contributed by atoms with van der Waals surface area (Å²) in [7, 11) is 0. The fourth-order valence-electron chi connectivity index (χ4n) is 0.692. The average Bonchev–Trinajstić information content (AvgIpc) is 2.61. The summed E-state index contributed by atoms with van der Waals surface area (Å²) in [5.41, 5.74) is 0. The molecule has 0 aliphatic rings. The predicted octanol–water partition coefficient (Wildman–Crippen LogP) is 4.68. The summed E-state index contributed by atoms with van der Waals surface area (Å²) in [4.78, 5) is 39.5. The highest BCUT2D eigenvalue weighted by molar-refractivity contribution is 5.69. The lowest BCUT2D eigenvalue weighted by molar-refractivity contribution is -0.147. The molecule has 9 heteroatoms. The highest BCUT2D eigenvalue weighted by Crippen LogP contribution is 1.91. The van der Waals surface area contributed by atoms with E-state index in [0.717, 1.165) is 0 Å². The van der Waals surface area contributed by atoms with Crippen molar-refractivity contribution in [1.29, 1.82) is 0 Å². The predicted molar refractivity (Wildman–Crippen MR) is 123 cm³/mol. The molecule has 0 aromatic carbocycles. The van der Waals surface area contributed by atoms with E-state index < -0.39 is 11.9 Å². The van der Waals surface area contributed by atoms with Gasteiger partial charge in [-0.1, -0.05) is 35.1 Å². The average molecular weight is 457 g/mol. The van der Waals surface area contributed by atoms with Crippen LogP contribution in [0.5, 0.6) is 0 Å². The Morgan fingerprint density at radius 2 is 0.774 bits per heavy atom. The van der Waals surface area contributed by atoms with Crippen LogP contribution >= 0.6 is 0 Å². The lowest BCUT2D eigenvalue weighted by atomic mass is 10.4. The molecule has 0 rings (SSSR count). The molecule has 0 fully saturated rings. The summed E-state index contributed by atoms with van der Waals surface area (Å²) < 4.78 is 9.52. The number of carbonyl (C=O) groups is 4. The Balaban J connectivity index is -0.0000000642. The molecule has 0 aromatic rings. The van der Waals surface area contributed by atoms with Crippen LogP contribution in [-0.4, -0.2) is 57.5 Å². The van der Waals surface area contributed by atoms with Crippen LogP contribution in [0.2, 0.25) is 0 Å². The Morgan fingerprint density at radius 1 is 0.613 bits per heavy atom. The lowest BCUT2D eigenvalue weighted by Gasteiger charge is -2.04. The molecule has 0 radical (unpaired) electrons. The van der Waals surface area contributed by atoms with Gasteiger partial charge in [0.15, 0.2) is 0 Å².